The zero-order chi connectivity index (χ0) is 11.6. The Bertz CT molecular complexity index is 513. The van der Waals surface area contributed by atoms with E-state index in [9.17, 15) is 4.79 Å². The Morgan fingerprint density at radius 2 is 2.25 bits per heavy atom. The smallest absolute Gasteiger partial charge is 0.230 e. The van der Waals surface area contributed by atoms with Crippen LogP contribution in [0.3, 0.4) is 0 Å². The molecule has 4 nitrogen and oxygen atoms in total. The van der Waals surface area contributed by atoms with Crippen molar-refractivity contribution in [2.75, 3.05) is 0 Å². The van der Waals surface area contributed by atoms with Gasteiger partial charge in [0, 0.05) is 12.8 Å². The number of benzene rings is 1. The maximum Gasteiger partial charge on any atom is 0.230 e. The number of carbonyl (C=O) groups is 1. The monoisotopic (exact) mass is 214 g/mol. The molecule has 1 atom stereocenters. The van der Waals surface area contributed by atoms with E-state index in [1.165, 1.54) is 0 Å². The van der Waals surface area contributed by atoms with Gasteiger partial charge in [-0.25, -0.2) is 4.99 Å². The van der Waals surface area contributed by atoms with Crippen LogP contribution in [0.15, 0.2) is 29.3 Å². The Labute approximate surface area is 93.1 Å². The molecule has 0 fully saturated rings. The fourth-order valence-corrected chi connectivity index (χ4v) is 1.56. The molecular formula is C12H10N2O2. The van der Waals surface area contributed by atoms with E-state index in [1.807, 2.05) is 0 Å². The second-order valence-electron chi connectivity index (χ2n) is 3.48. The van der Waals surface area contributed by atoms with Crippen molar-refractivity contribution in [3.8, 4) is 17.7 Å². The molecule has 1 aromatic carbocycles. The zero-order valence-electron chi connectivity index (χ0n) is 8.56. The molecule has 1 heterocycles. The Hall–Kier alpha value is -2.12. The van der Waals surface area contributed by atoms with Gasteiger partial charge in [0.1, 0.15) is 5.75 Å². The summed E-state index contributed by atoms with van der Waals surface area (Å²) >= 11 is 0. The third-order valence-electron chi connectivity index (χ3n) is 2.25. The molecule has 0 bridgehead atoms. The van der Waals surface area contributed by atoms with Gasteiger partial charge in [-0.3, -0.25) is 10.5 Å². The summed E-state index contributed by atoms with van der Waals surface area (Å²) in [6.45, 7) is 3.22. The first-order chi connectivity index (χ1) is 7.64. The molecule has 2 rings (SSSR count). The van der Waals surface area contributed by atoms with Crippen LogP contribution in [0.2, 0.25) is 0 Å². The molecule has 1 aliphatic rings. The van der Waals surface area contributed by atoms with Crippen LogP contribution in [0.1, 0.15) is 16.8 Å². The van der Waals surface area contributed by atoms with E-state index in [1.54, 1.807) is 24.3 Å². The lowest BCUT2D eigenvalue weighted by atomic mass is 9.97. The molecule has 1 unspecified atom stereocenters. The molecule has 16 heavy (non-hydrogen) atoms. The highest BCUT2D eigenvalue weighted by Gasteiger charge is 2.35. The number of nitrogens with zero attached hydrogens (tertiary/aromatic N) is 1. The highest BCUT2D eigenvalue weighted by atomic mass is 16.5. The number of ether oxygens (including phenoxy) is 1. The van der Waals surface area contributed by atoms with Gasteiger partial charge in [0.15, 0.2) is 5.78 Å². The number of hydrogen-bond donors (Lipinski definition) is 1. The van der Waals surface area contributed by atoms with E-state index in [4.69, 9.17) is 10.5 Å². The van der Waals surface area contributed by atoms with Crippen molar-refractivity contribution in [1.82, 2.24) is 0 Å². The number of fused-ring (bicyclic) bond motifs is 1. The summed E-state index contributed by atoms with van der Waals surface area (Å²) in [6.07, 6.45) is 0.0204. The van der Waals surface area contributed by atoms with Crippen LogP contribution in [-0.4, -0.2) is 18.2 Å². The summed E-state index contributed by atoms with van der Waals surface area (Å²) < 4.78 is 5.49. The molecule has 4 heteroatoms. The number of rotatable bonds is 0. The molecule has 0 aromatic heterocycles. The Morgan fingerprint density at radius 3 is 3.00 bits per heavy atom. The molecule has 0 amide bonds. The van der Waals surface area contributed by atoms with E-state index < -0.39 is 5.72 Å². The fourth-order valence-electron chi connectivity index (χ4n) is 1.56. The van der Waals surface area contributed by atoms with Crippen molar-refractivity contribution in [3.63, 3.8) is 0 Å². The second kappa shape index (κ2) is 3.80. The first-order valence-electron chi connectivity index (χ1n) is 4.73. The molecule has 2 N–H and O–H groups in total. The quantitative estimate of drug-likeness (QED) is 0.517. The van der Waals surface area contributed by atoms with Crippen molar-refractivity contribution >= 4 is 12.5 Å². The first kappa shape index (κ1) is 10.4. The number of para-hydroxylation sites is 1. The number of nitrogens with two attached hydrogens (primary N) is 1. The maximum atomic E-state index is 11.8. The molecule has 0 saturated carbocycles. The Morgan fingerprint density at radius 1 is 1.50 bits per heavy atom. The Balaban J connectivity index is 2.41. The molecule has 0 saturated heterocycles. The summed E-state index contributed by atoms with van der Waals surface area (Å²) in [7, 11) is 0. The summed E-state index contributed by atoms with van der Waals surface area (Å²) in [4.78, 5) is 15.2. The minimum atomic E-state index is -1.30. The number of hydrogen-bond acceptors (Lipinski definition) is 4. The van der Waals surface area contributed by atoms with Crippen LogP contribution in [-0.2, 0) is 0 Å². The molecule has 0 aliphatic carbocycles. The second-order valence-corrected chi connectivity index (χ2v) is 3.48. The van der Waals surface area contributed by atoms with Crippen molar-refractivity contribution in [2.45, 2.75) is 12.1 Å². The molecule has 1 aromatic rings. The number of Topliss-reactive ketones (excluding diaryl/α,β-unsaturated/α-hetero) is 1. The minimum absolute atomic E-state index is 0.0204. The third kappa shape index (κ3) is 1.81. The molecule has 80 valence electrons. The van der Waals surface area contributed by atoms with Gasteiger partial charge in [0.25, 0.3) is 0 Å². The van der Waals surface area contributed by atoms with Crippen LogP contribution in [0.25, 0.3) is 0 Å². The predicted molar refractivity (Wildman–Crippen MR) is 60.3 cm³/mol. The van der Waals surface area contributed by atoms with Crippen LogP contribution < -0.4 is 10.5 Å². The van der Waals surface area contributed by atoms with Crippen LogP contribution in [0.4, 0.5) is 0 Å². The van der Waals surface area contributed by atoms with Crippen LogP contribution >= 0.6 is 0 Å². The first-order valence-corrected chi connectivity index (χ1v) is 4.73. The SMILES string of the molecule is C=NC#CC1(N)CC(=O)c2ccccc2O1. The minimum Gasteiger partial charge on any atom is -0.461 e. The molecule has 0 spiro atoms. The normalized spacial score (nSPS) is 22.4. The van der Waals surface area contributed by atoms with Gasteiger partial charge >= 0.3 is 0 Å². The van der Waals surface area contributed by atoms with Crippen molar-refractivity contribution in [2.24, 2.45) is 10.7 Å². The number of aliphatic imine (C=N–C) groups is 1. The lowest BCUT2D eigenvalue weighted by Crippen LogP contribution is -2.49. The number of ketones is 1. The average Bonchev–Trinajstić information content (AvgIpc) is 2.26. The lowest BCUT2D eigenvalue weighted by Gasteiger charge is -2.29. The highest BCUT2D eigenvalue weighted by molar-refractivity contribution is 6.00. The summed E-state index contributed by atoms with van der Waals surface area (Å²) in [5, 5.41) is 0. The van der Waals surface area contributed by atoms with Gasteiger partial charge in [-0.1, -0.05) is 12.1 Å². The predicted octanol–water partition coefficient (Wildman–Crippen LogP) is 0.968. The van der Waals surface area contributed by atoms with E-state index in [2.05, 4.69) is 23.7 Å². The van der Waals surface area contributed by atoms with Crippen molar-refractivity contribution < 1.29 is 9.53 Å². The topological polar surface area (TPSA) is 64.7 Å². The van der Waals surface area contributed by atoms with Gasteiger partial charge in [0.2, 0.25) is 5.72 Å². The summed E-state index contributed by atoms with van der Waals surface area (Å²) in [5.41, 5.74) is 5.09. The Kier molecular flexibility index (Phi) is 2.47. The standard InChI is InChI=1S/C12H10N2O2/c1-14-7-6-12(13)8-10(15)9-4-2-3-5-11(9)16-12/h2-5H,1,8,13H2. The van der Waals surface area contributed by atoms with E-state index >= 15 is 0 Å². The lowest BCUT2D eigenvalue weighted by molar-refractivity contribution is 0.0721. The van der Waals surface area contributed by atoms with Gasteiger partial charge in [-0.05, 0) is 18.1 Å². The molecular weight excluding hydrogens is 204 g/mol. The zero-order valence-corrected chi connectivity index (χ0v) is 8.56. The average molecular weight is 214 g/mol. The largest absolute Gasteiger partial charge is 0.461 e. The van der Waals surface area contributed by atoms with Crippen molar-refractivity contribution in [3.05, 3.63) is 29.8 Å². The fraction of sp³-hybridized carbons (Fsp3) is 0.167. The van der Waals surface area contributed by atoms with Crippen LogP contribution in [0, 0.1) is 12.0 Å². The van der Waals surface area contributed by atoms with E-state index in [0.717, 1.165) is 0 Å². The maximum absolute atomic E-state index is 11.8. The van der Waals surface area contributed by atoms with Crippen LogP contribution in [0.5, 0.6) is 5.75 Å². The summed E-state index contributed by atoms with van der Waals surface area (Å²) in [5.74, 6) is 2.95. The van der Waals surface area contributed by atoms with E-state index in [0.29, 0.717) is 11.3 Å². The molecule has 0 radical (unpaired) electrons. The van der Waals surface area contributed by atoms with Gasteiger partial charge in [-0.15, -0.1) is 0 Å². The molecule has 1 aliphatic heterocycles. The third-order valence-corrected chi connectivity index (χ3v) is 2.25. The van der Waals surface area contributed by atoms with Gasteiger partial charge in [0.05, 0.1) is 12.0 Å². The number of carbonyl (C=O) groups excluding carboxylic acids is 1. The van der Waals surface area contributed by atoms with E-state index in [-0.39, 0.29) is 12.2 Å². The highest BCUT2D eigenvalue weighted by Crippen LogP contribution is 2.29. The summed E-state index contributed by atoms with van der Waals surface area (Å²) in [6, 6.07) is 9.32. The van der Waals surface area contributed by atoms with Gasteiger partial charge < -0.3 is 4.74 Å². The van der Waals surface area contributed by atoms with Crippen molar-refractivity contribution in [1.29, 1.82) is 0 Å². The van der Waals surface area contributed by atoms with Gasteiger partial charge in [-0.2, -0.15) is 0 Å².